The van der Waals surface area contributed by atoms with Crippen molar-refractivity contribution < 1.29 is 23.1 Å². The standard InChI is InChI=1S/C11H17N3O5S/c1-6-3-9(19-2)10(4-7(6)12)20(17,18)14-5-8(15)11(13)16/h3-4,8,14-15H,5,12H2,1-2H3,(H2,13,16). The zero-order valence-corrected chi connectivity index (χ0v) is 11.9. The van der Waals surface area contributed by atoms with Gasteiger partial charge >= 0.3 is 0 Å². The molecule has 1 aromatic rings. The number of ether oxygens (including phenoxy) is 1. The first-order valence-electron chi connectivity index (χ1n) is 5.60. The zero-order chi connectivity index (χ0) is 15.5. The van der Waals surface area contributed by atoms with Crippen LogP contribution in [0, 0.1) is 6.92 Å². The van der Waals surface area contributed by atoms with E-state index < -0.39 is 28.6 Å². The van der Waals surface area contributed by atoms with E-state index in [4.69, 9.17) is 16.2 Å². The Labute approximate surface area is 116 Å². The van der Waals surface area contributed by atoms with E-state index in [1.54, 1.807) is 6.92 Å². The molecule has 8 nitrogen and oxygen atoms in total. The number of aryl methyl sites for hydroxylation is 1. The molecular weight excluding hydrogens is 286 g/mol. The van der Waals surface area contributed by atoms with Crippen LogP contribution in [0.2, 0.25) is 0 Å². The summed E-state index contributed by atoms with van der Waals surface area (Å²) in [5.74, 6) is -0.916. The number of amides is 1. The SMILES string of the molecule is COc1cc(C)c(N)cc1S(=O)(=O)NCC(O)C(N)=O. The van der Waals surface area contributed by atoms with Crippen molar-refractivity contribution in [3.63, 3.8) is 0 Å². The first-order chi connectivity index (χ1) is 9.19. The molecule has 0 aliphatic heterocycles. The van der Waals surface area contributed by atoms with Gasteiger partial charge in [0.1, 0.15) is 16.7 Å². The van der Waals surface area contributed by atoms with Gasteiger partial charge in [0.15, 0.2) is 0 Å². The van der Waals surface area contributed by atoms with Crippen LogP contribution in [0.1, 0.15) is 5.56 Å². The molecule has 0 fully saturated rings. The number of hydrogen-bond acceptors (Lipinski definition) is 6. The molecule has 1 aromatic carbocycles. The summed E-state index contributed by atoms with van der Waals surface area (Å²) in [6.07, 6.45) is -1.61. The Morgan fingerprint density at radius 1 is 1.50 bits per heavy atom. The number of anilines is 1. The van der Waals surface area contributed by atoms with Crippen LogP contribution in [0.3, 0.4) is 0 Å². The van der Waals surface area contributed by atoms with Crippen molar-refractivity contribution in [1.82, 2.24) is 4.72 Å². The fraction of sp³-hybridized carbons (Fsp3) is 0.364. The molecule has 1 unspecified atom stereocenters. The van der Waals surface area contributed by atoms with Gasteiger partial charge in [0.05, 0.1) is 7.11 Å². The van der Waals surface area contributed by atoms with E-state index in [0.29, 0.717) is 5.56 Å². The third-order valence-electron chi connectivity index (χ3n) is 2.64. The molecule has 20 heavy (non-hydrogen) atoms. The predicted octanol–water partition coefficient (Wildman–Crippen LogP) is -1.29. The van der Waals surface area contributed by atoms with Crippen LogP contribution in [0.15, 0.2) is 17.0 Å². The molecule has 0 bridgehead atoms. The summed E-state index contributed by atoms with van der Waals surface area (Å²) in [5, 5.41) is 9.20. The van der Waals surface area contributed by atoms with Crippen LogP contribution in [0.5, 0.6) is 5.75 Å². The van der Waals surface area contributed by atoms with Crippen LogP contribution in [0.4, 0.5) is 5.69 Å². The van der Waals surface area contributed by atoms with Crippen LogP contribution in [-0.2, 0) is 14.8 Å². The van der Waals surface area contributed by atoms with Crippen molar-refractivity contribution in [3.05, 3.63) is 17.7 Å². The van der Waals surface area contributed by atoms with E-state index in [2.05, 4.69) is 4.72 Å². The summed E-state index contributed by atoms with van der Waals surface area (Å²) in [6, 6.07) is 2.72. The lowest BCUT2D eigenvalue weighted by Crippen LogP contribution is -2.40. The summed E-state index contributed by atoms with van der Waals surface area (Å²) in [7, 11) is -2.67. The lowest BCUT2D eigenvalue weighted by molar-refractivity contribution is -0.125. The largest absolute Gasteiger partial charge is 0.495 e. The predicted molar refractivity (Wildman–Crippen MR) is 72.5 cm³/mol. The highest BCUT2D eigenvalue weighted by molar-refractivity contribution is 7.89. The average Bonchev–Trinajstić information content (AvgIpc) is 2.38. The van der Waals surface area contributed by atoms with Crippen LogP contribution >= 0.6 is 0 Å². The number of methoxy groups -OCH3 is 1. The van der Waals surface area contributed by atoms with Gasteiger partial charge in [-0.3, -0.25) is 4.79 Å². The fourth-order valence-corrected chi connectivity index (χ4v) is 2.64. The van der Waals surface area contributed by atoms with Gasteiger partial charge in [-0.2, -0.15) is 0 Å². The Kier molecular flexibility index (Phi) is 4.93. The Balaban J connectivity index is 3.09. The fourth-order valence-electron chi connectivity index (χ4n) is 1.41. The van der Waals surface area contributed by atoms with E-state index in [0.717, 1.165) is 0 Å². The summed E-state index contributed by atoms with van der Waals surface area (Å²) < 4.78 is 31.2. The maximum atomic E-state index is 12.1. The minimum atomic E-state index is -3.99. The molecule has 112 valence electrons. The van der Waals surface area contributed by atoms with Crippen LogP contribution in [0.25, 0.3) is 0 Å². The molecule has 0 heterocycles. The second-order valence-electron chi connectivity index (χ2n) is 4.13. The number of nitrogens with two attached hydrogens (primary N) is 2. The highest BCUT2D eigenvalue weighted by Gasteiger charge is 2.23. The maximum Gasteiger partial charge on any atom is 0.247 e. The molecule has 6 N–H and O–H groups in total. The normalized spacial score (nSPS) is 12.9. The number of aliphatic hydroxyl groups is 1. The van der Waals surface area contributed by atoms with Gasteiger partial charge in [-0.15, -0.1) is 0 Å². The van der Waals surface area contributed by atoms with Crippen molar-refractivity contribution in [3.8, 4) is 5.75 Å². The second-order valence-corrected chi connectivity index (χ2v) is 5.87. The highest BCUT2D eigenvalue weighted by Crippen LogP contribution is 2.28. The quantitative estimate of drug-likeness (QED) is 0.481. The van der Waals surface area contributed by atoms with E-state index in [9.17, 15) is 18.3 Å². The lowest BCUT2D eigenvalue weighted by Gasteiger charge is -2.14. The Bertz CT molecular complexity index is 615. The van der Waals surface area contributed by atoms with Crippen molar-refractivity contribution in [2.75, 3.05) is 19.4 Å². The van der Waals surface area contributed by atoms with E-state index >= 15 is 0 Å². The number of primary amides is 1. The molecule has 1 amide bonds. The summed E-state index contributed by atoms with van der Waals surface area (Å²) >= 11 is 0. The zero-order valence-electron chi connectivity index (χ0n) is 11.1. The number of nitrogen functional groups attached to an aromatic ring is 1. The summed E-state index contributed by atoms with van der Waals surface area (Å²) in [5.41, 5.74) is 11.5. The molecule has 9 heteroatoms. The van der Waals surface area contributed by atoms with Gasteiger partial charge in [-0.1, -0.05) is 0 Å². The summed E-state index contributed by atoms with van der Waals surface area (Å²) in [6.45, 7) is 1.17. The van der Waals surface area contributed by atoms with E-state index in [1.807, 2.05) is 0 Å². The lowest BCUT2D eigenvalue weighted by atomic mass is 10.2. The number of benzene rings is 1. The number of nitrogens with one attached hydrogen (secondary N) is 1. The Hall–Kier alpha value is -1.84. The monoisotopic (exact) mass is 303 g/mol. The van der Waals surface area contributed by atoms with Gasteiger partial charge in [-0.25, -0.2) is 13.1 Å². The maximum absolute atomic E-state index is 12.1. The van der Waals surface area contributed by atoms with Crippen molar-refractivity contribution in [2.45, 2.75) is 17.9 Å². The van der Waals surface area contributed by atoms with Gasteiger partial charge < -0.3 is 21.3 Å². The van der Waals surface area contributed by atoms with Gasteiger partial charge in [0.2, 0.25) is 15.9 Å². The number of carbonyl (C=O) groups excluding carboxylic acids is 1. The Morgan fingerprint density at radius 2 is 2.10 bits per heavy atom. The van der Waals surface area contributed by atoms with Gasteiger partial charge in [0, 0.05) is 12.2 Å². The topological polar surface area (TPSA) is 145 Å². The second kappa shape index (κ2) is 6.07. The molecule has 1 atom stereocenters. The van der Waals surface area contributed by atoms with Gasteiger partial charge in [0.25, 0.3) is 0 Å². The number of carbonyl (C=O) groups is 1. The first kappa shape index (κ1) is 16.2. The van der Waals surface area contributed by atoms with E-state index in [-0.39, 0.29) is 16.3 Å². The third-order valence-corrected chi connectivity index (χ3v) is 4.08. The molecule has 0 saturated carbocycles. The molecule has 0 radical (unpaired) electrons. The van der Waals surface area contributed by atoms with Crippen molar-refractivity contribution >= 4 is 21.6 Å². The molecule has 0 spiro atoms. The summed E-state index contributed by atoms with van der Waals surface area (Å²) in [4.78, 5) is 10.5. The highest BCUT2D eigenvalue weighted by atomic mass is 32.2. The average molecular weight is 303 g/mol. The van der Waals surface area contributed by atoms with Crippen LogP contribution in [-0.4, -0.2) is 39.2 Å². The van der Waals surface area contributed by atoms with E-state index in [1.165, 1.54) is 19.2 Å². The minimum absolute atomic E-state index is 0.109. The number of hydrogen-bond donors (Lipinski definition) is 4. The molecule has 0 aromatic heterocycles. The number of sulfonamides is 1. The van der Waals surface area contributed by atoms with Crippen molar-refractivity contribution in [2.24, 2.45) is 5.73 Å². The minimum Gasteiger partial charge on any atom is -0.495 e. The van der Waals surface area contributed by atoms with Crippen molar-refractivity contribution in [1.29, 1.82) is 0 Å². The Morgan fingerprint density at radius 3 is 2.60 bits per heavy atom. The van der Waals surface area contributed by atoms with Crippen LogP contribution < -0.4 is 20.9 Å². The van der Waals surface area contributed by atoms with Gasteiger partial charge in [-0.05, 0) is 24.6 Å². The smallest absolute Gasteiger partial charge is 0.247 e. The first-order valence-corrected chi connectivity index (χ1v) is 7.08. The molecule has 0 saturated heterocycles. The third kappa shape index (κ3) is 3.59. The molecular formula is C11H17N3O5S. The number of rotatable bonds is 6. The number of aliphatic hydroxyl groups excluding tert-OH is 1. The molecule has 1 rings (SSSR count). The molecule has 0 aliphatic rings. The molecule has 0 aliphatic carbocycles.